The molecular formula is C28H34N2O3. The van der Waals surface area contributed by atoms with E-state index in [0.717, 1.165) is 35.9 Å². The summed E-state index contributed by atoms with van der Waals surface area (Å²) in [6.07, 6.45) is 5.01. The average Bonchev–Trinajstić information content (AvgIpc) is 3.27. The predicted octanol–water partition coefficient (Wildman–Crippen LogP) is 5.36. The van der Waals surface area contributed by atoms with Crippen molar-refractivity contribution in [1.82, 2.24) is 9.88 Å². The van der Waals surface area contributed by atoms with Gasteiger partial charge in [0.25, 0.3) is 0 Å². The van der Waals surface area contributed by atoms with Crippen LogP contribution in [-0.4, -0.2) is 41.5 Å². The Kier molecular flexibility index (Phi) is 7.17. The number of fused-ring (bicyclic) bond motifs is 1. The molecule has 2 heterocycles. The Bertz CT molecular complexity index is 1120. The molecule has 1 amide bonds. The minimum Gasteiger partial charge on any atom is -0.466 e. The molecular weight excluding hydrogens is 412 g/mol. The van der Waals surface area contributed by atoms with Crippen LogP contribution in [0, 0.1) is 12.8 Å². The number of hydrogen-bond acceptors (Lipinski definition) is 3. The predicted molar refractivity (Wildman–Crippen MR) is 131 cm³/mol. The molecule has 5 nitrogen and oxygen atoms in total. The van der Waals surface area contributed by atoms with Crippen LogP contribution < -0.4 is 0 Å². The highest BCUT2D eigenvalue weighted by molar-refractivity contribution is 5.88. The van der Waals surface area contributed by atoms with E-state index in [2.05, 4.69) is 67.5 Å². The van der Waals surface area contributed by atoms with Crippen molar-refractivity contribution in [3.05, 3.63) is 70.9 Å². The number of carbonyl (C=O) groups excluding carboxylic acids is 2. The first-order valence-electron chi connectivity index (χ1n) is 12.1. The minimum atomic E-state index is -0.222. The van der Waals surface area contributed by atoms with Gasteiger partial charge < -0.3 is 14.6 Å². The lowest BCUT2D eigenvalue weighted by molar-refractivity contribution is -0.151. The molecule has 0 saturated carbocycles. The first-order chi connectivity index (χ1) is 16.0. The SMILES string of the molecule is CCOC(=O)C1CCCN(C(=O)CC(c2ccc(C)cc2)c2c[nH]c3c(CC)cccc23)C1. The van der Waals surface area contributed by atoms with Crippen LogP contribution in [0.3, 0.4) is 0 Å². The van der Waals surface area contributed by atoms with Crippen LogP contribution in [0.2, 0.25) is 0 Å². The van der Waals surface area contributed by atoms with E-state index in [-0.39, 0.29) is 23.7 Å². The van der Waals surface area contributed by atoms with Gasteiger partial charge in [-0.15, -0.1) is 0 Å². The van der Waals surface area contributed by atoms with Gasteiger partial charge in [0.1, 0.15) is 0 Å². The van der Waals surface area contributed by atoms with Gasteiger partial charge in [-0.2, -0.15) is 0 Å². The maximum Gasteiger partial charge on any atom is 0.310 e. The molecule has 0 aliphatic carbocycles. The molecule has 1 aliphatic heterocycles. The lowest BCUT2D eigenvalue weighted by atomic mass is 9.86. The number of aryl methyl sites for hydroxylation is 2. The molecule has 33 heavy (non-hydrogen) atoms. The monoisotopic (exact) mass is 446 g/mol. The summed E-state index contributed by atoms with van der Waals surface area (Å²) in [5.41, 5.74) is 5.91. The fourth-order valence-electron chi connectivity index (χ4n) is 4.99. The fraction of sp³-hybridized carbons (Fsp3) is 0.429. The molecule has 2 unspecified atom stereocenters. The third-order valence-corrected chi connectivity index (χ3v) is 6.84. The van der Waals surface area contributed by atoms with E-state index in [4.69, 9.17) is 4.74 Å². The summed E-state index contributed by atoms with van der Waals surface area (Å²) in [6.45, 7) is 7.58. The molecule has 1 aromatic heterocycles. The molecule has 3 aromatic rings. The molecule has 1 fully saturated rings. The molecule has 1 N–H and O–H groups in total. The van der Waals surface area contributed by atoms with Gasteiger partial charge in [0.15, 0.2) is 0 Å². The highest BCUT2D eigenvalue weighted by Crippen LogP contribution is 2.35. The third-order valence-electron chi connectivity index (χ3n) is 6.84. The fourth-order valence-corrected chi connectivity index (χ4v) is 4.99. The van der Waals surface area contributed by atoms with E-state index in [1.807, 2.05) is 11.8 Å². The van der Waals surface area contributed by atoms with Crippen LogP contribution in [0.25, 0.3) is 10.9 Å². The van der Waals surface area contributed by atoms with E-state index in [0.29, 0.717) is 26.1 Å². The van der Waals surface area contributed by atoms with Crippen molar-refractivity contribution in [3.8, 4) is 0 Å². The van der Waals surface area contributed by atoms with Crippen LogP contribution in [0.1, 0.15) is 61.3 Å². The molecule has 5 heteroatoms. The summed E-state index contributed by atoms with van der Waals surface area (Å²) >= 11 is 0. The number of piperidine rings is 1. The maximum atomic E-state index is 13.5. The van der Waals surface area contributed by atoms with Gasteiger partial charge in [-0.3, -0.25) is 9.59 Å². The van der Waals surface area contributed by atoms with Crippen LogP contribution in [0.4, 0.5) is 0 Å². The zero-order chi connectivity index (χ0) is 23.4. The summed E-state index contributed by atoms with van der Waals surface area (Å²) in [5, 5.41) is 1.18. The summed E-state index contributed by atoms with van der Waals surface area (Å²) in [6, 6.07) is 14.9. The second kappa shape index (κ2) is 10.2. The Morgan fingerprint density at radius 3 is 2.67 bits per heavy atom. The lowest BCUT2D eigenvalue weighted by Crippen LogP contribution is -2.43. The Balaban J connectivity index is 1.63. The van der Waals surface area contributed by atoms with Gasteiger partial charge in [-0.05, 0) is 49.8 Å². The van der Waals surface area contributed by atoms with E-state index >= 15 is 0 Å². The number of H-pyrrole nitrogens is 1. The van der Waals surface area contributed by atoms with Crippen molar-refractivity contribution in [2.45, 2.75) is 52.4 Å². The molecule has 0 spiro atoms. The number of nitrogens with zero attached hydrogens (tertiary/aromatic N) is 1. The van der Waals surface area contributed by atoms with Gasteiger partial charge in [0, 0.05) is 42.5 Å². The largest absolute Gasteiger partial charge is 0.466 e. The van der Waals surface area contributed by atoms with Gasteiger partial charge in [-0.1, -0.05) is 55.0 Å². The van der Waals surface area contributed by atoms with Crippen molar-refractivity contribution in [2.75, 3.05) is 19.7 Å². The third kappa shape index (κ3) is 4.97. The number of para-hydroxylation sites is 1. The average molecular weight is 447 g/mol. The van der Waals surface area contributed by atoms with Crippen LogP contribution in [0.5, 0.6) is 0 Å². The number of aromatic amines is 1. The molecule has 2 atom stereocenters. The smallest absolute Gasteiger partial charge is 0.310 e. The van der Waals surface area contributed by atoms with Crippen molar-refractivity contribution in [1.29, 1.82) is 0 Å². The lowest BCUT2D eigenvalue weighted by Gasteiger charge is -2.32. The highest BCUT2D eigenvalue weighted by atomic mass is 16.5. The summed E-state index contributed by atoms with van der Waals surface area (Å²) in [5.74, 6) is -0.369. The number of benzene rings is 2. The highest BCUT2D eigenvalue weighted by Gasteiger charge is 2.31. The number of likely N-dealkylation sites (tertiary alicyclic amines) is 1. The minimum absolute atomic E-state index is 0.0538. The second-order valence-corrected chi connectivity index (χ2v) is 9.04. The molecule has 1 saturated heterocycles. The normalized spacial score (nSPS) is 17.2. The number of esters is 1. The first kappa shape index (κ1) is 23.1. The number of ether oxygens (including phenoxy) is 1. The number of rotatable bonds is 7. The number of amides is 1. The Hall–Kier alpha value is -3.08. The van der Waals surface area contributed by atoms with Gasteiger partial charge in [0.05, 0.1) is 12.5 Å². The Labute approximate surface area is 196 Å². The van der Waals surface area contributed by atoms with Crippen LogP contribution >= 0.6 is 0 Å². The zero-order valence-electron chi connectivity index (χ0n) is 19.9. The Morgan fingerprint density at radius 2 is 1.94 bits per heavy atom. The zero-order valence-corrected chi connectivity index (χ0v) is 19.9. The summed E-state index contributed by atoms with van der Waals surface area (Å²) in [4.78, 5) is 31.1. The standard InChI is InChI=1S/C28H34N2O3/c1-4-20-8-6-10-23-25(17-29-27(20)23)24(21-13-11-19(3)12-14-21)16-26(31)30-15-7-9-22(18-30)28(32)33-5-2/h6,8,10-14,17,22,24,29H,4-5,7,9,15-16,18H2,1-3H3. The number of hydrogen-bond donors (Lipinski definition) is 1. The molecule has 174 valence electrons. The van der Waals surface area contributed by atoms with Gasteiger partial charge in [0.2, 0.25) is 5.91 Å². The Morgan fingerprint density at radius 1 is 1.15 bits per heavy atom. The maximum absolute atomic E-state index is 13.5. The van der Waals surface area contributed by atoms with E-state index in [9.17, 15) is 9.59 Å². The number of carbonyl (C=O) groups is 2. The topological polar surface area (TPSA) is 62.4 Å². The molecule has 1 aliphatic rings. The van der Waals surface area contributed by atoms with E-state index in [1.165, 1.54) is 16.5 Å². The van der Waals surface area contributed by atoms with Crippen molar-refractivity contribution >= 4 is 22.8 Å². The van der Waals surface area contributed by atoms with Gasteiger partial charge >= 0.3 is 5.97 Å². The van der Waals surface area contributed by atoms with Crippen LogP contribution in [0.15, 0.2) is 48.7 Å². The molecule has 0 radical (unpaired) electrons. The number of aromatic nitrogens is 1. The molecule has 2 aromatic carbocycles. The second-order valence-electron chi connectivity index (χ2n) is 9.04. The van der Waals surface area contributed by atoms with E-state index < -0.39 is 0 Å². The first-order valence-corrected chi connectivity index (χ1v) is 12.1. The number of nitrogens with one attached hydrogen (secondary N) is 1. The van der Waals surface area contributed by atoms with E-state index in [1.54, 1.807) is 0 Å². The quantitative estimate of drug-likeness (QED) is 0.497. The summed E-state index contributed by atoms with van der Waals surface area (Å²) in [7, 11) is 0. The van der Waals surface area contributed by atoms with Crippen molar-refractivity contribution in [2.24, 2.45) is 5.92 Å². The van der Waals surface area contributed by atoms with Gasteiger partial charge in [-0.25, -0.2) is 0 Å². The van der Waals surface area contributed by atoms with Crippen molar-refractivity contribution in [3.63, 3.8) is 0 Å². The van der Waals surface area contributed by atoms with Crippen molar-refractivity contribution < 1.29 is 14.3 Å². The molecule has 0 bridgehead atoms. The molecule has 4 rings (SSSR count). The summed E-state index contributed by atoms with van der Waals surface area (Å²) < 4.78 is 5.22. The van der Waals surface area contributed by atoms with Crippen LogP contribution in [-0.2, 0) is 20.7 Å².